The van der Waals surface area contributed by atoms with Crippen molar-refractivity contribution in [2.24, 2.45) is 5.92 Å². The third-order valence-electron chi connectivity index (χ3n) is 4.84. The quantitative estimate of drug-likeness (QED) is 0.475. The molecule has 0 saturated heterocycles. The molecule has 0 N–H and O–H groups in total. The third-order valence-corrected chi connectivity index (χ3v) is 4.84. The molecule has 0 aromatic heterocycles. The first-order valence-electron chi connectivity index (χ1n) is 9.11. The van der Waals surface area contributed by atoms with Crippen LogP contribution in [0.1, 0.15) is 33.3 Å². The largest absolute Gasteiger partial charge is 4.00 e. The maximum atomic E-state index is 3.29. The summed E-state index contributed by atoms with van der Waals surface area (Å²) in [5.41, 5.74) is 6.76. The molecule has 3 heteroatoms. The molecule has 0 amide bonds. The van der Waals surface area contributed by atoms with Crippen molar-refractivity contribution in [1.29, 1.82) is 0 Å². The van der Waals surface area contributed by atoms with Gasteiger partial charge in [0.05, 0.1) is 0 Å². The van der Waals surface area contributed by atoms with E-state index in [0.717, 1.165) is 6.42 Å². The summed E-state index contributed by atoms with van der Waals surface area (Å²) in [6, 6.07) is 21.8. The minimum atomic E-state index is 0. The standard InChI is InChI=1S/C17H15.C8H11.2ClH.Zr/c1-2-13-11-15-9-6-10-16(17(15)12-13)14-7-4-3-5-8-14;1-6-4-7(2)8(3)5-6;;;/h3-12H,2H2,1H3;4,6H,1-3H3;2*1H;/q2*-1;;;+4/p-2. The maximum absolute atomic E-state index is 3.29. The fourth-order valence-corrected chi connectivity index (χ4v) is 3.37. The molecule has 0 nitrogen and oxygen atoms in total. The summed E-state index contributed by atoms with van der Waals surface area (Å²) in [5, 5.41) is 2.72. The van der Waals surface area contributed by atoms with Gasteiger partial charge < -0.3 is 24.8 Å². The molecule has 0 radical (unpaired) electrons. The van der Waals surface area contributed by atoms with Gasteiger partial charge in [-0.25, -0.2) is 11.1 Å². The number of benzene rings is 2. The molecule has 3 aromatic rings. The number of fused-ring (bicyclic) bond motifs is 1. The average Bonchev–Trinajstić information content (AvgIpc) is 3.18. The van der Waals surface area contributed by atoms with Crippen molar-refractivity contribution in [2.45, 2.75) is 34.1 Å². The fourth-order valence-electron chi connectivity index (χ4n) is 3.37. The maximum Gasteiger partial charge on any atom is 4.00 e. The van der Waals surface area contributed by atoms with E-state index in [0.29, 0.717) is 5.92 Å². The number of allylic oxidation sites excluding steroid dienone is 4. The zero-order valence-corrected chi connectivity index (χ0v) is 20.9. The Kier molecular flexibility index (Phi) is 12.1. The summed E-state index contributed by atoms with van der Waals surface area (Å²) in [4.78, 5) is 0. The molecule has 3 aromatic carbocycles. The van der Waals surface area contributed by atoms with Crippen LogP contribution in [0.3, 0.4) is 0 Å². The van der Waals surface area contributed by atoms with Crippen LogP contribution in [0.15, 0.2) is 77.9 Å². The predicted molar refractivity (Wildman–Crippen MR) is 110 cm³/mol. The van der Waals surface area contributed by atoms with Crippen LogP contribution in [0.4, 0.5) is 0 Å². The van der Waals surface area contributed by atoms with Gasteiger partial charge in [-0.2, -0.15) is 12.1 Å². The number of aryl methyl sites for hydroxylation is 1. The summed E-state index contributed by atoms with van der Waals surface area (Å²) in [5.74, 6) is 0.551. The molecule has 0 fully saturated rings. The molecule has 28 heavy (non-hydrogen) atoms. The number of rotatable bonds is 2. The fraction of sp³-hybridized carbons (Fsp3) is 0.240. The molecule has 4 rings (SSSR count). The Morgan fingerprint density at radius 1 is 0.964 bits per heavy atom. The van der Waals surface area contributed by atoms with E-state index in [1.807, 2.05) is 0 Å². The molecule has 0 saturated carbocycles. The van der Waals surface area contributed by atoms with Gasteiger partial charge in [0.1, 0.15) is 0 Å². The van der Waals surface area contributed by atoms with E-state index >= 15 is 0 Å². The van der Waals surface area contributed by atoms with E-state index in [-0.39, 0.29) is 51.0 Å². The first-order valence-corrected chi connectivity index (χ1v) is 9.11. The average molecular weight is 489 g/mol. The van der Waals surface area contributed by atoms with Gasteiger partial charge >= 0.3 is 26.2 Å². The van der Waals surface area contributed by atoms with Crippen LogP contribution in [-0.4, -0.2) is 0 Å². The van der Waals surface area contributed by atoms with Crippen molar-refractivity contribution >= 4 is 10.8 Å². The molecule has 1 unspecified atom stereocenters. The van der Waals surface area contributed by atoms with Crippen LogP contribution in [0, 0.1) is 12.0 Å². The van der Waals surface area contributed by atoms with Gasteiger partial charge in [0, 0.05) is 0 Å². The molecule has 0 heterocycles. The summed E-state index contributed by atoms with van der Waals surface area (Å²) < 4.78 is 0. The van der Waals surface area contributed by atoms with Crippen LogP contribution in [0.5, 0.6) is 0 Å². The van der Waals surface area contributed by atoms with E-state index in [9.17, 15) is 0 Å². The number of hydrogen-bond acceptors (Lipinski definition) is 0. The molecule has 1 aliphatic carbocycles. The monoisotopic (exact) mass is 486 g/mol. The summed E-state index contributed by atoms with van der Waals surface area (Å²) >= 11 is 0. The Morgan fingerprint density at radius 3 is 2.14 bits per heavy atom. The van der Waals surface area contributed by atoms with E-state index in [1.54, 1.807) is 0 Å². The van der Waals surface area contributed by atoms with Gasteiger partial charge in [0.25, 0.3) is 0 Å². The first-order chi connectivity index (χ1) is 12.1. The summed E-state index contributed by atoms with van der Waals surface area (Å²) in [7, 11) is 0. The zero-order chi connectivity index (χ0) is 17.8. The Morgan fingerprint density at radius 2 is 1.64 bits per heavy atom. The van der Waals surface area contributed by atoms with Crippen LogP contribution in [0.2, 0.25) is 0 Å². The molecule has 1 atom stereocenters. The predicted octanol–water partition coefficient (Wildman–Crippen LogP) is 1.13. The van der Waals surface area contributed by atoms with Crippen molar-refractivity contribution in [2.75, 3.05) is 0 Å². The summed E-state index contributed by atoms with van der Waals surface area (Å²) in [6.07, 6.45) is 6.62. The van der Waals surface area contributed by atoms with Crippen LogP contribution < -0.4 is 24.8 Å². The van der Waals surface area contributed by atoms with Crippen molar-refractivity contribution in [3.8, 4) is 11.1 Å². The van der Waals surface area contributed by atoms with Gasteiger partial charge in [-0.05, 0) is 12.0 Å². The normalized spacial score (nSPS) is 14.5. The SMILES string of the molecule is CC1=[C-]C(C)C=C1C.CCc1cc2c(-c3ccccc3)cccc2[cH-]1.[Cl-].[Cl-].[Zr+4]. The van der Waals surface area contributed by atoms with E-state index in [1.165, 1.54) is 38.6 Å². The van der Waals surface area contributed by atoms with Crippen LogP contribution >= 0.6 is 0 Å². The van der Waals surface area contributed by atoms with Crippen molar-refractivity contribution in [1.82, 2.24) is 0 Å². The van der Waals surface area contributed by atoms with E-state index in [2.05, 4.69) is 101 Å². The molecule has 0 spiro atoms. The Hall–Kier alpha value is -1.01. The van der Waals surface area contributed by atoms with E-state index < -0.39 is 0 Å². The summed E-state index contributed by atoms with van der Waals surface area (Å²) in [6.45, 7) is 8.59. The number of halogens is 2. The van der Waals surface area contributed by atoms with Crippen molar-refractivity contribution < 1.29 is 51.0 Å². The smallest absolute Gasteiger partial charge is 1.00 e. The zero-order valence-electron chi connectivity index (χ0n) is 16.9. The van der Waals surface area contributed by atoms with Crippen LogP contribution in [-0.2, 0) is 32.6 Å². The Balaban J connectivity index is 0.000000574. The van der Waals surface area contributed by atoms with Gasteiger partial charge in [-0.3, -0.25) is 6.08 Å². The molecule has 1 aliphatic rings. The topological polar surface area (TPSA) is 0 Å². The Labute approximate surface area is 201 Å². The second kappa shape index (κ2) is 12.5. The van der Waals surface area contributed by atoms with Crippen LogP contribution in [0.25, 0.3) is 21.9 Å². The molecular formula is C25H26Cl2Zr. The minimum absolute atomic E-state index is 0. The van der Waals surface area contributed by atoms with Gasteiger partial charge in [-0.15, -0.1) is 41.5 Å². The van der Waals surface area contributed by atoms with Crippen molar-refractivity contribution in [3.05, 3.63) is 89.5 Å². The molecule has 0 aliphatic heterocycles. The first kappa shape index (κ1) is 27.0. The van der Waals surface area contributed by atoms with Gasteiger partial charge in [0.2, 0.25) is 0 Å². The second-order valence-electron chi connectivity index (χ2n) is 6.80. The molecule has 0 bridgehead atoms. The molecule has 144 valence electrons. The van der Waals surface area contributed by atoms with E-state index in [4.69, 9.17) is 0 Å². The van der Waals surface area contributed by atoms with Crippen molar-refractivity contribution in [3.63, 3.8) is 0 Å². The Bertz CT molecular complexity index is 902. The minimum Gasteiger partial charge on any atom is -1.00 e. The second-order valence-corrected chi connectivity index (χ2v) is 6.80. The van der Waals surface area contributed by atoms with Gasteiger partial charge in [-0.1, -0.05) is 68.7 Å². The van der Waals surface area contributed by atoms with Gasteiger partial charge in [0.15, 0.2) is 0 Å². The third kappa shape index (κ3) is 6.52. The number of hydrogen-bond donors (Lipinski definition) is 0. The molecular weight excluding hydrogens is 462 g/mol.